The first-order valence-corrected chi connectivity index (χ1v) is 11.1. The third kappa shape index (κ3) is 5.14. The van der Waals surface area contributed by atoms with Gasteiger partial charge in [0.25, 0.3) is 0 Å². The van der Waals surface area contributed by atoms with Crippen molar-refractivity contribution >= 4 is 15.9 Å². The fourth-order valence-corrected chi connectivity index (χ4v) is 4.11. The second-order valence-electron chi connectivity index (χ2n) is 7.09. The minimum Gasteiger partial charge on any atom is -0.493 e. The van der Waals surface area contributed by atoms with Gasteiger partial charge >= 0.3 is 0 Å². The van der Waals surface area contributed by atoms with E-state index in [4.69, 9.17) is 9.47 Å². The molecule has 6 heteroatoms. The first-order chi connectivity index (χ1) is 14.8. The van der Waals surface area contributed by atoms with Crippen LogP contribution in [0.2, 0.25) is 0 Å². The van der Waals surface area contributed by atoms with E-state index in [1.807, 2.05) is 44.2 Å². The first kappa shape index (κ1) is 22.1. The predicted molar refractivity (Wildman–Crippen MR) is 120 cm³/mol. The average molecular weight is 434 g/mol. The van der Waals surface area contributed by atoms with Crippen molar-refractivity contribution in [2.24, 2.45) is 0 Å². The lowest BCUT2D eigenvalue weighted by molar-refractivity contribution is 0.284. The van der Waals surface area contributed by atoms with Crippen LogP contribution >= 0.6 is 0 Å². The van der Waals surface area contributed by atoms with Gasteiger partial charge in [0.1, 0.15) is 17.6 Å². The Hall–Kier alpha value is -3.56. The minimum absolute atomic E-state index is 0.0657. The van der Waals surface area contributed by atoms with Gasteiger partial charge in [0.05, 0.1) is 12.0 Å². The maximum absolute atomic E-state index is 13.0. The number of hydrogen-bond acceptors (Lipinski definition) is 5. The van der Waals surface area contributed by atoms with Crippen LogP contribution in [-0.2, 0) is 16.4 Å². The van der Waals surface area contributed by atoms with E-state index in [0.29, 0.717) is 17.1 Å². The highest BCUT2D eigenvalue weighted by Crippen LogP contribution is 2.34. The van der Waals surface area contributed by atoms with Gasteiger partial charge in [-0.25, -0.2) is 8.42 Å². The highest BCUT2D eigenvalue weighted by atomic mass is 32.2. The van der Waals surface area contributed by atoms with Crippen LogP contribution in [0.15, 0.2) is 76.5 Å². The average Bonchev–Trinajstić information content (AvgIpc) is 2.77. The topological polar surface area (TPSA) is 76.4 Å². The monoisotopic (exact) mass is 433 g/mol. The Morgan fingerprint density at radius 1 is 0.968 bits per heavy atom. The SMILES string of the molecule is COc1cccc(C=C(C#N)S(=O)(=O)c2ccc(C)cc2)c1OCc1ccc(C)cc1. The van der Waals surface area contributed by atoms with Crippen LogP contribution in [0.5, 0.6) is 11.5 Å². The third-order valence-corrected chi connectivity index (χ3v) is 6.43. The first-order valence-electron chi connectivity index (χ1n) is 9.64. The number of allylic oxidation sites excluding steroid dienone is 1. The number of methoxy groups -OCH3 is 1. The fourth-order valence-electron chi connectivity index (χ4n) is 2.96. The van der Waals surface area contributed by atoms with Gasteiger partial charge in [-0.05, 0) is 43.7 Å². The summed E-state index contributed by atoms with van der Waals surface area (Å²) in [6, 6.07) is 21.2. The highest BCUT2D eigenvalue weighted by molar-refractivity contribution is 7.95. The largest absolute Gasteiger partial charge is 0.493 e. The molecule has 0 aliphatic rings. The molecule has 0 unspecified atom stereocenters. The number of nitriles is 1. The molecular formula is C25H23NO4S. The molecule has 0 aromatic heterocycles. The summed E-state index contributed by atoms with van der Waals surface area (Å²) in [5, 5.41) is 9.62. The number of rotatable bonds is 7. The Labute approximate surface area is 183 Å². The Balaban J connectivity index is 2.00. The van der Waals surface area contributed by atoms with Crippen LogP contribution in [0, 0.1) is 25.2 Å². The molecule has 0 N–H and O–H groups in total. The zero-order valence-corrected chi connectivity index (χ0v) is 18.4. The lowest BCUT2D eigenvalue weighted by Crippen LogP contribution is -2.04. The molecule has 0 saturated heterocycles. The van der Waals surface area contributed by atoms with Crippen LogP contribution < -0.4 is 9.47 Å². The van der Waals surface area contributed by atoms with E-state index in [0.717, 1.165) is 16.7 Å². The number of benzene rings is 3. The summed E-state index contributed by atoms with van der Waals surface area (Å²) in [7, 11) is -2.46. The summed E-state index contributed by atoms with van der Waals surface area (Å²) in [6.45, 7) is 4.14. The Kier molecular flexibility index (Phi) is 6.78. The van der Waals surface area contributed by atoms with Gasteiger partial charge in [-0.15, -0.1) is 0 Å². The van der Waals surface area contributed by atoms with Crippen LogP contribution in [0.1, 0.15) is 22.3 Å². The smallest absolute Gasteiger partial charge is 0.216 e. The number of ether oxygens (including phenoxy) is 2. The Bertz CT molecular complexity index is 1240. The summed E-state index contributed by atoms with van der Waals surface area (Å²) in [4.78, 5) is -0.305. The van der Waals surface area contributed by atoms with Gasteiger partial charge < -0.3 is 9.47 Å². The van der Waals surface area contributed by atoms with Crippen LogP contribution in [0.3, 0.4) is 0 Å². The summed E-state index contributed by atoms with van der Waals surface area (Å²) in [5.41, 5.74) is 3.48. The van der Waals surface area contributed by atoms with E-state index in [9.17, 15) is 13.7 Å². The normalized spacial score (nSPS) is 11.6. The third-order valence-electron chi connectivity index (χ3n) is 4.75. The van der Waals surface area contributed by atoms with Crippen LogP contribution in [0.4, 0.5) is 0 Å². The lowest BCUT2D eigenvalue weighted by atomic mass is 10.1. The summed E-state index contributed by atoms with van der Waals surface area (Å²) < 4.78 is 37.4. The molecular weight excluding hydrogens is 410 g/mol. The number of aryl methyl sites for hydroxylation is 2. The van der Waals surface area contributed by atoms with Gasteiger partial charge in [-0.2, -0.15) is 5.26 Å². The standard InChI is InChI=1S/C25H23NO4S/c1-18-7-11-20(12-8-18)17-30-25-21(5-4-6-24(25)29-3)15-23(16-26)31(27,28)22-13-9-19(2)10-14-22/h4-15H,17H2,1-3H3. The Morgan fingerprint density at radius 2 is 1.58 bits per heavy atom. The predicted octanol–water partition coefficient (Wildman–Crippen LogP) is 5.23. The van der Waals surface area contributed by atoms with E-state index in [1.165, 1.54) is 25.3 Å². The molecule has 0 aliphatic heterocycles. The van der Waals surface area contributed by atoms with Gasteiger partial charge in [-0.1, -0.05) is 59.7 Å². The molecule has 158 valence electrons. The molecule has 0 saturated carbocycles. The van der Waals surface area contributed by atoms with E-state index < -0.39 is 9.84 Å². The van der Waals surface area contributed by atoms with Crippen molar-refractivity contribution < 1.29 is 17.9 Å². The van der Waals surface area contributed by atoms with Gasteiger partial charge in [0.15, 0.2) is 11.5 Å². The zero-order chi connectivity index (χ0) is 22.4. The molecule has 0 fully saturated rings. The van der Waals surface area contributed by atoms with Crippen molar-refractivity contribution in [3.05, 3.63) is 93.9 Å². The maximum Gasteiger partial charge on any atom is 0.216 e. The molecule has 0 atom stereocenters. The van der Waals surface area contributed by atoms with Gasteiger partial charge in [0, 0.05) is 5.56 Å². The minimum atomic E-state index is -3.97. The molecule has 0 heterocycles. The number of sulfone groups is 1. The van der Waals surface area contributed by atoms with Gasteiger partial charge in [-0.3, -0.25) is 0 Å². The summed E-state index contributed by atoms with van der Waals surface area (Å²) >= 11 is 0. The highest BCUT2D eigenvalue weighted by Gasteiger charge is 2.22. The van der Waals surface area contributed by atoms with Crippen molar-refractivity contribution in [2.75, 3.05) is 7.11 Å². The quantitative estimate of drug-likeness (QED) is 0.477. The second kappa shape index (κ2) is 9.50. The lowest BCUT2D eigenvalue weighted by Gasteiger charge is -2.14. The molecule has 0 radical (unpaired) electrons. The van der Waals surface area contributed by atoms with Gasteiger partial charge in [0.2, 0.25) is 9.84 Å². The molecule has 3 aromatic rings. The second-order valence-corrected chi connectivity index (χ2v) is 9.01. The number of para-hydroxylation sites is 1. The van der Waals surface area contributed by atoms with Crippen LogP contribution in [0.25, 0.3) is 6.08 Å². The molecule has 3 rings (SSSR count). The molecule has 3 aromatic carbocycles. The van der Waals surface area contributed by atoms with E-state index in [2.05, 4.69) is 0 Å². The van der Waals surface area contributed by atoms with Crippen molar-refractivity contribution in [1.82, 2.24) is 0 Å². The molecule has 5 nitrogen and oxygen atoms in total. The fraction of sp³-hybridized carbons (Fsp3) is 0.160. The van der Waals surface area contributed by atoms with Crippen molar-refractivity contribution in [3.8, 4) is 17.6 Å². The molecule has 0 spiro atoms. The van der Waals surface area contributed by atoms with Crippen molar-refractivity contribution in [2.45, 2.75) is 25.3 Å². The number of hydrogen-bond donors (Lipinski definition) is 0. The van der Waals surface area contributed by atoms with E-state index in [1.54, 1.807) is 30.3 Å². The van der Waals surface area contributed by atoms with Crippen molar-refractivity contribution in [1.29, 1.82) is 5.26 Å². The number of nitrogens with zero attached hydrogens (tertiary/aromatic N) is 1. The molecule has 31 heavy (non-hydrogen) atoms. The van der Waals surface area contributed by atoms with E-state index in [-0.39, 0.29) is 16.4 Å². The molecule has 0 bridgehead atoms. The zero-order valence-electron chi connectivity index (χ0n) is 17.6. The summed E-state index contributed by atoms with van der Waals surface area (Å²) in [5.74, 6) is 0.823. The summed E-state index contributed by atoms with van der Waals surface area (Å²) in [6.07, 6.45) is 1.32. The van der Waals surface area contributed by atoms with Crippen molar-refractivity contribution in [3.63, 3.8) is 0 Å². The molecule has 0 amide bonds. The van der Waals surface area contributed by atoms with E-state index >= 15 is 0 Å². The van der Waals surface area contributed by atoms with Crippen LogP contribution in [-0.4, -0.2) is 15.5 Å². The Morgan fingerprint density at radius 3 is 2.16 bits per heavy atom. The maximum atomic E-state index is 13.0. The molecule has 0 aliphatic carbocycles.